The lowest BCUT2D eigenvalue weighted by atomic mass is 9.82. The molecule has 0 radical (unpaired) electrons. The fourth-order valence-corrected chi connectivity index (χ4v) is 10.7. The van der Waals surface area contributed by atoms with E-state index in [9.17, 15) is 0 Å². The summed E-state index contributed by atoms with van der Waals surface area (Å²) in [7, 11) is 0. The van der Waals surface area contributed by atoms with Gasteiger partial charge in [-0.1, -0.05) is 232 Å². The molecule has 0 saturated carbocycles. The van der Waals surface area contributed by atoms with Crippen LogP contribution in [-0.4, -0.2) is 0 Å². The second-order valence-corrected chi connectivity index (χ2v) is 18.0. The second kappa shape index (κ2) is 16.1. The van der Waals surface area contributed by atoms with Gasteiger partial charge < -0.3 is 4.90 Å². The van der Waals surface area contributed by atoms with Gasteiger partial charge in [-0.05, 0) is 119 Å². The van der Waals surface area contributed by atoms with Crippen LogP contribution < -0.4 is 4.90 Å². The average molecular weight is 842 g/mol. The molecule has 1 nitrogen and oxygen atoms in total. The van der Waals surface area contributed by atoms with Crippen molar-refractivity contribution in [3.05, 3.63) is 260 Å². The third kappa shape index (κ3) is 6.55. The normalized spacial score (nSPS) is 12.5. The molecule has 0 heterocycles. The van der Waals surface area contributed by atoms with Crippen LogP contribution in [0.3, 0.4) is 0 Å². The molecule has 1 aliphatic rings. The van der Waals surface area contributed by atoms with E-state index >= 15 is 0 Å². The van der Waals surface area contributed by atoms with Crippen LogP contribution in [0.1, 0.15) is 25.0 Å². The van der Waals surface area contributed by atoms with Gasteiger partial charge in [-0.15, -0.1) is 0 Å². The van der Waals surface area contributed by atoms with E-state index in [2.05, 4.69) is 267 Å². The minimum absolute atomic E-state index is 0.116. The Morgan fingerprint density at radius 1 is 0.288 bits per heavy atom. The summed E-state index contributed by atoms with van der Waals surface area (Å²) in [6, 6.07) is 91.5. The average Bonchev–Trinajstić information content (AvgIpc) is 3.62. The number of anilines is 3. The van der Waals surface area contributed by atoms with Crippen molar-refractivity contribution in [1.29, 1.82) is 0 Å². The summed E-state index contributed by atoms with van der Waals surface area (Å²) in [5.41, 5.74) is 20.5. The van der Waals surface area contributed by atoms with E-state index in [1.54, 1.807) is 0 Å². The molecule has 66 heavy (non-hydrogen) atoms. The highest BCUT2D eigenvalue weighted by atomic mass is 15.1. The zero-order valence-corrected chi connectivity index (χ0v) is 37.1. The van der Waals surface area contributed by atoms with Crippen LogP contribution >= 0.6 is 0 Å². The molecular formula is C65H47N. The van der Waals surface area contributed by atoms with Crippen molar-refractivity contribution in [1.82, 2.24) is 0 Å². The quantitative estimate of drug-likeness (QED) is 0.138. The van der Waals surface area contributed by atoms with Crippen LogP contribution in [0.25, 0.3) is 88.3 Å². The van der Waals surface area contributed by atoms with Crippen molar-refractivity contribution in [2.45, 2.75) is 19.3 Å². The molecular weight excluding hydrogens is 795 g/mol. The molecule has 0 amide bonds. The molecule has 1 aliphatic carbocycles. The van der Waals surface area contributed by atoms with Crippen LogP contribution in [0.2, 0.25) is 0 Å². The summed E-state index contributed by atoms with van der Waals surface area (Å²) in [5, 5.41) is 5.07. The molecule has 0 spiro atoms. The summed E-state index contributed by atoms with van der Waals surface area (Å²) < 4.78 is 0. The number of hydrogen-bond acceptors (Lipinski definition) is 1. The monoisotopic (exact) mass is 841 g/mol. The molecule has 0 saturated heterocycles. The Balaban J connectivity index is 1.06. The summed E-state index contributed by atoms with van der Waals surface area (Å²) in [6.07, 6.45) is 0. The number of nitrogens with zero attached hydrogens (tertiary/aromatic N) is 1. The molecule has 11 aromatic rings. The Hall–Kier alpha value is -8.26. The fraction of sp³-hybridized carbons (Fsp3) is 0.0462. The molecule has 11 aromatic carbocycles. The lowest BCUT2D eigenvalue weighted by Crippen LogP contribution is -2.15. The summed E-state index contributed by atoms with van der Waals surface area (Å²) in [5.74, 6) is 0. The predicted molar refractivity (Wildman–Crippen MR) is 281 cm³/mol. The van der Waals surface area contributed by atoms with Gasteiger partial charge in [-0.3, -0.25) is 0 Å². The lowest BCUT2D eigenvalue weighted by Gasteiger charge is -2.31. The van der Waals surface area contributed by atoms with Crippen LogP contribution in [0, 0.1) is 0 Å². The molecule has 0 aliphatic heterocycles. The Labute approximate surface area is 387 Å². The van der Waals surface area contributed by atoms with Crippen molar-refractivity contribution in [3.8, 4) is 66.8 Å². The van der Waals surface area contributed by atoms with Crippen LogP contribution in [-0.2, 0) is 5.41 Å². The Morgan fingerprint density at radius 3 is 1.50 bits per heavy atom. The molecule has 0 bridgehead atoms. The van der Waals surface area contributed by atoms with Crippen molar-refractivity contribution in [2.75, 3.05) is 4.90 Å². The molecule has 0 N–H and O–H groups in total. The summed E-state index contributed by atoms with van der Waals surface area (Å²) in [4.78, 5) is 2.49. The first-order valence-corrected chi connectivity index (χ1v) is 23.0. The molecule has 0 atom stereocenters. The van der Waals surface area contributed by atoms with Crippen molar-refractivity contribution in [2.24, 2.45) is 0 Å². The van der Waals surface area contributed by atoms with E-state index < -0.39 is 0 Å². The SMILES string of the molecule is CC1(C)c2ccccc2-c2c(-c3ccccc3N(c3ccc(-c4ccc5c(ccc6ccccc65)c4)cc3)c3ccccc3-c3ccccc3-c3ccccc3-c3ccccc3)cccc21. The molecule has 0 fully saturated rings. The maximum absolute atomic E-state index is 2.49. The fourth-order valence-electron chi connectivity index (χ4n) is 10.7. The van der Waals surface area contributed by atoms with Gasteiger partial charge in [0.1, 0.15) is 0 Å². The van der Waals surface area contributed by atoms with Gasteiger partial charge in [0.2, 0.25) is 0 Å². The highest BCUT2D eigenvalue weighted by Crippen LogP contribution is 2.54. The van der Waals surface area contributed by atoms with Crippen molar-refractivity contribution < 1.29 is 0 Å². The number of rotatable bonds is 8. The van der Waals surface area contributed by atoms with Crippen LogP contribution in [0.15, 0.2) is 249 Å². The Kier molecular flexibility index (Phi) is 9.58. The van der Waals surface area contributed by atoms with Gasteiger partial charge in [0.05, 0.1) is 11.4 Å². The first kappa shape index (κ1) is 39.3. The van der Waals surface area contributed by atoms with Gasteiger partial charge in [0, 0.05) is 22.2 Å². The van der Waals surface area contributed by atoms with E-state index in [1.807, 2.05) is 0 Å². The standard InChI is InChI=1S/C65H47N/c1-65(2)60-31-15-12-29-59(60)64-58(30-18-32-61(64)65)57-28-14-17-34-63(57)66(49-40-37-44(38-41-49)47-39-42-52-48(43-47)36-35-46-21-6-7-22-50(46)52)62-33-16-13-27-56(62)55-26-11-10-25-54(55)53-24-9-8-23-51(53)45-19-4-3-5-20-45/h3-43H,1-2H3. The molecule has 312 valence electrons. The number of fused-ring (bicyclic) bond motifs is 6. The predicted octanol–water partition coefficient (Wildman–Crippen LogP) is 18.1. The van der Waals surface area contributed by atoms with Gasteiger partial charge in [-0.25, -0.2) is 0 Å². The zero-order valence-electron chi connectivity index (χ0n) is 37.1. The molecule has 1 heteroatoms. The molecule has 0 aromatic heterocycles. The third-order valence-electron chi connectivity index (χ3n) is 13.9. The number of benzene rings is 11. The third-order valence-corrected chi connectivity index (χ3v) is 13.9. The zero-order chi connectivity index (χ0) is 44.2. The summed E-state index contributed by atoms with van der Waals surface area (Å²) in [6.45, 7) is 4.73. The molecule has 0 unspecified atom stereocenters. The smallest absolute Gasteiger partial charge is 0.0540 e. The van der Waals surface area contributed by atoms with Gasteiger partial charge in [0.15, 0.2) is 0 Å². The number of hydrogen-bond donors (Lipinski definition) is 0. The molecule has 12 rings (SSSR count). The van der Waals surface area contributed by atoms with Crippen LogP contribution in [0.4, 0.5) is 17.1 Å². The number of para-hydroxylation sites is 2. The Bertz CT molecular complexity index is 3620. The van der Waals surface area contributed by atoms with Gasteiger partial charge in [0.25, 0.3) is 0 Å². The van der Waals surface area contributed by atoms with Crippen molar-refractivity contribution in [3.63, 3.8) is 0 Å². The largest absolute Gasteiger partial charge is 0.309 e. The van der Waals surface area contributed by atoms with Crippen molar-refractivity contribution >= 4 is 38.6 Å². The maximum atomic E-state index is 2.49. The highest BCUT2D eigenvalue weighted by Gasteiger charge is 2.37. The Morgan fingerprint density at radius 2 is 0.773 bits per heavy atom. The van der Waals surface area contributed by atoms with Gasteiger partial charge >= 0.3 is 0 Å². The first-order valence-electron chi connectivity index (χ1n) is 23.0. The van der Waals surface area contributed by atoms with E-state index in [1.165, 1.54) is 93.9 Å². The summed E-state index contributed by atoms with van der Waals surface area (Å²) >= 11 is 0. The van der Waals surface area contributed by atoms with E-state index in [0.717, 1.165) is 22.6 Å². The maximum Gasteiger partial charge on any atom is 0.0540 e. The minimum atomic E-state index is -0.116. The van der Waals surface area contributed by atoms with Gasteiger partial charge in [-0.2, -0.15) is 0 Å². The topological polar surface area (TPSA) is 3.24 Å². The first-order chi connectivity index (χ1) is 32.5. The van der Waals surface area contributed by atoms with E-state index in [0.29, 0.717) is 0 Å². The van der Waals surface area contributed by atoms with E-state index in [-0.39, 0.29) is 5.41 Å². The second-order valence-electron chi connectivity index (χ2n) is 18.0. The lowest BCUT2D eigenvalue weighted by molar-refractivity contribution is 0.660. The van der Waals surface area contributed by atoms with E-state index in [4.69, 9.17) is 0 Å². The minimum Gasteiger partial charge on any atom is -0.309 e. The highest BCUT2D eigenvalue weighted by molar-refractivity contribution is 6.08. The van der Waals surface area contributed by atoms with Crippen LogP contribution in [0.5, 0.6) is 0 Å².